The fourth-order valence-electron chi connectivity index (χ4n) is 3.08. The van der Waals surface area contributed by atoms with E-state index in [2.05, 4.69) is 11.0 Å². The highest BCUT2D eigenvalue weighted by molar-refractivity contribution is 5.72. The number of hydrogen-bond acceptors (Lipinski definition) is 3. The molecule has 1 aliphatic carbocycles. The van der Waals surface area contributed by atoms with E-state index in [1.54, 1.807) is 0 Å². The molecule has 3 heteroatoms. The molecule has 17 heavy (non-hydrogen) atoms. The van der Waals surface area contributed by atoms with E-state index in [9.17, 15) is 4.79 Å². The molecule has 0 spiro atoms. The van der Waals surface area contributed by atoms with Gasteiger partial charge in [0, 0.05) is 24.7 Å². The molecule has 1 aliphatic heterocycles. The number of methoxy groups -OCH3 is 1. The number of ether oxygens (including phenoxy) is 1. The zero-order valence-corrected chi connectivity index (χ0v) is 10.9. The van der Waals surface area contributed by atoms with Crippen LogP contribution < -0.4 is 0 Å². The topological polar surface area (TPSA) is 29.5 Å². The van der Waals surface area contributed by atoms with Gasteiger partial charge in [0.1, 0.15) is 0 Å². The third kappa shape index (κ3) is 2.64. The maximum Gasteiger partial charge on any atom is 0.309 e. The van der Waals surface area contributed by atoms with Crippen molar-refractivity contribution in [3.8, 4) is 0 Å². The summed E-state index contributed by atoms with van der Waals surface area (Å²) >= 11 is 0. The molecule has 96 valence electrons. The van der Waals surface area contributed by atoms with Crippen LogP contribution in [0.2, 0.25) is 0 Å². The van der Waals surface area contributed by atoms with Gasteiger partial charge in [0.15, 0.2) is 0 Å². The van der Waals surface area contributed by atoms with Crippen LogP contribution in [0.3, 0.4) is 0 Å². The van der Waals surface area contributed by atoms with Crippen LogP contribution in [0.1, 0.15) is 39.0 Å². The zero-order chi connectivity index (χ0) is 12.3. The number of esters is 1. The maximum atomic E-state index is 11.7. The Balaban J connectivity index is 2.10. The second-order valence-corrected chi connectivity index (χ2v) is 5.17. The minimum Gasteiger partial charge on any atom is -0.469 e. The van der Waals surface area contributed by atoms with Gasteiger partial charge in [0.25, 0.3) is 0 Å². The summed E-state index contributed by atoms with van der Waals surface area (Å²) in [6.45, 7) is 4.33. The third-order valence-corrected chi connectivity index (χ3v) is 4.10. The fourth-order valence-corrected chi connectivity index (χ4v) is 3.08. The minimum atomic E-state index is -0.0676. The molecule has 2 rings (SSSR count). The SMILES string of the molecule is COC(=O)C(C)C1CCCC=C1N1CCCC1. The summed E-state index contributed by atoms with van der Waals surface area (Å²) in [7, 11) is 1.49. The molecule has 1 fully saturated rings. The highest BCUT2D eigenvalue weighted by atomic mass is 16.5. The van der Waals surface area contributed by atoms with Crippen molar-refractivity contribution < 1.29 is 9.53 Å². The zero-order valence-electron chi connectivity index (χ0n) is 10.9. The normalized spacial score (nSPS) is 26.6. The number of allylic oxidation sites excluding steroid dienone is 2. The lowest BCUT2D eigenvalue weighted by atomic mass is 9.82. The Hall–Kier alpha value is -0.990. The second-order valence-electron chi connectivity index (χ2n) is 5.17. The van der Waals surface area contributed by atoms with E-state index in [4.69, 9.17) is 4.74 Å². The quantitative estimate of drug-likeness (QED) is 0.707. The molecule has 0 amide bonds. The average molecular weight is 237 g/mol. The molecule has 0 aromatic heterocycles. The van der Waals surface area contributed by atoms with Gasteiger partial charge in [0.2, 0.25) is 0 Å². The van der Waals surface area contributed by atoms with Crippen molar-refractivity contribution in [1.29, 1.82) is 0 Å². The fraction of sp³-hybridized carbons (Fsp3) is 0.786. The lowest BCUT2D eigenvalue weighted by Gasteiger charge is -2.34. The van der Waals surface area contributed by atoms with Gasteiger partial charge in [-0.1, -0.05) is 13.0 Å². The number of carbonyl (C=O) groups is 1. The average Bonchev–Trinajstić information content (AvgIpc) is 2.90. The number of rotatable bonds is 3. The first kappa shape index (κ1) is 12.5. The predicted molar refractivity (Wildman–Crippen MR) is 67.4 cm³/mol. The highest BCUT2D eigenvalue weighted by Crippen LogP contribution is 2.35. The monoisotopic (exact) mass is 237 g/mol. The van der Waals surface area contributed by atoms with Crippen LogP contribution in [0, 0.1) is 11.8 Å². The van der Waals surface area contributed by atoms with E-state index >= 15 is 0 Å². The van der Waals surface area contributed by atoms with Crippen molar-refractivity contribution in [2.45, 2.75) is 39.0 Å². The Morgan fingerprint density at radius 2 is 2.12 bits per heavy atom. The summed E-state index contributed by atoms with van der Waals surface area (Å²) in [5.41, 5.74) is 1.41. The predicted octanol–water partition coefficient (Wildman–Crippen LogP) is 2.58. The Kier molecular flexibility index (Phi) is 4.08. The minimum absolute atomic E-state index is 0.00727. The first-order valence-corrected chi connectivity index (χ1v) is 6.77. The standard InChI is InChI=1S/C14H23NO2/c1-11(14(16)17-2)12-7-3-4-8-13(12)15-9-5-6-10-15/h8,11-12H,3-7,9-10H2,1-2H3. The molecule has 2 atom stereocenters. The smallest absolute Gasteiger partial charge is 0.309 e. The van der Waals surface area contributed by atoms with Gasteiger partial charge in [-0.15, -0.1) is 0 Å². The molecule has 2 aliphatic rings. The van der Waals surface area contributed by atoms with E-state index in [-0.39, 0.29) is 11.9 Å². The summed E-state index contributed by atoms with van der Waals surface area (Å²) in [5, 5.41) is 0. The molecular weight excluding hydrogens is 214 g/mol. The second kappa shape index (κ2) is 5.56. The summed E-state index contributed by atoms with van der Waals surface area (Å²) in [6.07, 6.45) is 8.41. The van der Waals surface area contributed by atoms with E-state index < -0.39 is 0 Å². The van der Waals surface area contributed by atoms with Gasteiger partial charge in [-0.05, 0) is 32.1 Å². The van der Waals surface area contributed by atoms with Crippen molar-refractivity contribution in [3.63, 3.8) is 0 Å². The number of carbonyl (C=O) groups excluding carboxylic acids is 1. The third-order valence-electron chi connectivity index (χ3n) is 4.10. The lowest BCUT2D eigenvalue weighted by molar-refractivity contribution is -0.146. The largest absolute Gasteiger partial charge is 0.469 e. The van der Waals surface area contributed by atoms with Crippen molar-refractivity contribution in [2.24, 2.45) is 11.8 Å². The van der Waals surface area contributed by atoms with E-state index in [1.165, 1.54) is 32.1 Å². The van der Waals surface area contributed by atoms with Crippen molar-refractivity contribution in [1.82, 2.24) is 4.90 Å². The van der Waals surface area contributed by atoms with E-state index in [0.717, 1.165) is 25.9 Å². The Morgan fingerprint density at radius 3 is 2.76 bits per heavy atom. The van der Waals surface area contributed by atoms with Crippen LogP contribution in [0.25, 0.3) is 0 Å². The molecular formula is C14H23NO2. The van der Waals surface area contributed by atoms with Gasteiger partial charge in [-0.2, -0.15) is 0 Å². The molecule has 0 aromatic carbocycles. The molecule has 1 heterocycles. The van der Waals surface area contributed by atoms with Gasteiger partial charge < -0.3 is 9.64 Å². The number of likely N-dealkylation sites (tertiary alicyclic amines) is 1. The lowest BCUT2D eigenvalue weighted by Crippen LogP contribution is -2.33. The van der Waals surface area contributed by atoms with Crippen LogP contribution in [-0.4, -0.2) is 31.1 Å². The van der Waals surface area contributed by atoms with Crippen LogP contribution in [0.15, 0.2) is 11.8 Å². The summed E-state index contributed by atoms with van der Waals surface area (Å²) in [4.78, 5) is 14.2. The van der Waals surface area contributed by atoms with Crippen molar-refractivity contribution in [3.05, 3.63) is 11.8 Å². The van der Waals surface area contributed by atoms with Gasteiger partial charge in [-0.25, -0.2) is 0 Å². The summed E-state index contributed by atoms with van der Waals surface area (Å²) < 4.78 is 4.89. The highest BCUT2D eigenvalue weighted by Gasteiger charge is 2.32. The summed E-state index contributed by atoms with van der Waals surface area (Å²) in [6, 6.07) is 0. The van der Waals surface area contributed by atoms with Crippen molar-refractivity contribution >= 4 is 5.97 Å². The maximum absolute atomic E-state index is 11.7. The van der Waals surface area contributed by atoms with Gasteiger partial charge in [-0.3, -0.25) is 4.79 Å². The molecule has 2 unspecified atom stereocenters. The van der Waals surface area contributed by atoms with E-state index in [0.29, 0.717) is 5.92 Å². The molecule has 0 N–H and O–H groups in total. The van der Waals surface area contributed by atoms with Gasteiger partial charge >= 0.3 is 5.97 Å². The molecule has 0 aromatic rings. The molecule has 0 radical (unpaired) electrons. The van der Waals surface area contributed by atoms with Crippen LogP contribution >= 0.6 is 0 Å². The first-order valence-electron chi connectivity index (χ1n) is 6.77. The Labute approximate surface area is 104 Å². The van der Waals surface area contributed by atoms with Crippen LogP contribution in [0.4, 0.5) is 0 Å². The first-order chi connectivity index (χ1) is 8.24. The molecule has 3 nitrogen and oxygen atoms in total. The molecule has 0 saturated carbocycles. The Bertz CT molecular complexity index is 305. The molecule has 1 saturated heterocycles. The van der Waals surface area contributed by atoms with E-state index in [1.807, 2.05) is 6.92 Å². The van der Waals surface area contributed by atoms with Crippen molar-refractivity contribution in [2.75, 3.05) is 20.2 Å². The van der Waals surface area contributed by atoms with Crippen LogP contribution in [-0.2, 0) is 9.53 Å². The Morgan fingerprint density at radius 1 is 1.41 bits per heavy atom. The van der Waals surface area contributed by atoms with Crippen LogP contribution in [0.5, 0.6) is 0 Å². The van der Waals surface area contributed by atoms with Gasteiger partial charge in [0.05, 0.1) is 13.0 Å². The number of nitrogens with zero attached hydrogens (tertiary/aromatic N) is 1. The number of hydrogen-bond donors (Lipinski definition) is 0. The summed E-state index contributed by atoms with van der Waals surface area (Å²) in [5.74, 6) is 0.295. The molecule has 0 bridgehead atoms.